The Labute approximate surface area is 423 Å². The first-order valence-electron chi connectivity index (χ1n) is 25.5. The van der Waals surface area contributed by atoms with Gasteiger partial charge in [0.15, 0.2) is 5.78 Å². The molecule has 0 saturated carbocycles. The highest BCUT2D eigenvalue weighted by molar-refractivity contribution is 8.14. The van der Waals surface area contributed by atoms with Crippen LogP contribution in [0.5, 0.6) is 0 Å². The normalized spacial score (nSPS) is 18.4. The van der Waals surface area contributed by atoms with Crippen LogP contribution in [-0.2, 0) is 16.1 Å². The second-order valence-electron chi connectivity index (χ2n) is 19.5. The van der Waals surface area contributed by atoms with Gasteiger partial charge in [-0.1, -0.05) is 37.8 Å². The molecule has 0 spiro atoms. The minimum Gasteiger partial charge on any atom is -0.349 e. The van der Waals surface area contributed by atoms with E-state index < -0.39 is 23.9 Å². The van der Waals surface area contributed by atoms with Crippen molar-refractivity contribution in [2.24, 2.45) is 10.9 Å². The van der Waals surface area contributed by atoms with Crippen molar-refractivity contribution >= 4 is 51.3 Å². The number of piperidine rings is 1. The predicted molar refractivity (Wildman–Crippen MR) is 278 cm³/mol. The Kier molecular flexibility index (Phi) is 16.5. The molecule has 1 unspecified atom stereocenters. The molecule has 17 heteroatoms. The van der Waals surface area contributed by atoms with Crippen LogP contribution in [0.2, 0.25) is 0 Å². The van der Waals surface area contributed by atoms with Crippen LogP contribution in [0.15, 0.2) is 103 Å². The summed E-state index contributed by atoms with van der Waals surface area (Å²) in [7, 11) is 1.73. The molecular weight excluding hydrogens is 935 g/mol. The van der Waals surface area contributed by atoms with E-state index in [4.69, 9.17) is 4.99 Å². The van der Waals surface area contributed by atoms with E-state index in [2.05, 4.69) is 36.7 Å². The number of pyridine rings is 1. The summed E-state index contributed by atoms with van der Waals surface area (Å²) in [6.45, 7) is 5.62. The highest BCUT2D eigenvalue weighted by Crippen LogP contribution is 2.34. The summed E-state index contributed by atoms with van der Waals surface area (Å²) < 4.78 is 30.7. The second-order valence-corrected chi connectivity index (χ2v) is 20.5. The van der Waals surface area contributed by atoms with Gasteiger partial charge < -0.3 is 30.0 Å². The molecule has 2 aromatic carbocycles. The number of amides is 2. The molecule has 4 atom stereocenters. The summed E-state index contributed by atoms with van der Waals surface area (Å²) in [5.41, 5.74) is 5.77. The fourth-order valence-electron chi connectivity index (χ4n) is 10.3. The lowest BCUT2D eigenvalue weighted by Crippen LogP contribution is -2.58. The molecule has 378 valence electrons. The average Bonchev–Trinajstić information content (AvgIpc) is 4.27. The third-order valence-corrected chi connectivity index (χ3v) is 15.7. The summed E-state index contributed by atoms with van der Waals surface area (Å²) >= 11 is 1.51. The Morgan fingerprint density at radius 2 is 1.65 bits per heavy atom. The van der Waals surface area contributed by atoms with Crippen LogP contribution in [0.3, 0.4) is 0 Å². The molecule has 7 heterocycles. The summed E-state index contributed by atoms with van der Waals surface area (Å²) in [5, 5.41) is 12.3. The first kappa shape index (κ1) is 50.6. The van der Waals surface area contributed by atoms with Crippen LogP contribution >= 0.6 is 11.8 Å². The summed E-state index contributed by atoms with van der Waals surface area (Å²) in [6, 6.07) is 14.3. The number of rotatable bonds is 21. The molecule has 9 rings (SSSR count). The van der Waals surface area contributed by atoms with Crippen LogP contribution in [-0.4, -0.2) is 126 Å². The topological polar surface area (TPSA) is 163 Å². The van der Waals surface area contributed by atoms with Crippen molar-refractivity contribution in [1.82, 2.24) is 44.7 Å². The van der Waals surface area contributed by atoms with E-state index in [1.165, 1.54) is 46.8 Å². The number of carbonyl (C=O) groups excluding carboxylic acids is 4. The summed E-state index contributed by atoms with van der Waals surface area (Å²) in [6.07, 6.45) is 20.9. The maximum absolute atomic E-state index is 14.5. The molecule has 2 saturated heterocycles. The number of likely N-dealkylation sites (tertiary alicyclic amines) is 2. The zero-order chi connectivity index (χ0) is 50.1. The van der Waals surface area contributed by atoms with Crippen molar-refractivity contribution in [2.45, 2.75) is 108 Å². The van der Waals surface area contributed by atoms with Gasteiger partial charge in [-0.25, -0.2) is 18.4 Å². The number of nitrogens with one attached hydrogen (secondary N) is 3. The molecule has 3 N–H and O–H groups in total. The number of aromatic amines is 1. The molecule has 2 amide bonds. The zero-order valence-electron chi connectivity index (χ0n) is 41.1. The number of nitrogens with zero attached hydrogens (tertiary/aromatic N) is 7. The first-order valence-corrected chi connectivity index (χ1v) is 26.5. The first-order chi connectivity index (χ1) is 35.0. The number of halogens is 2. The SMILES string of the molecule is CN[C@@H](C)C(=O)N[C@H](C(=O)N1CCC[C@H]1C1=NC(C(=O)c2ccc(F)cc2)CS1)C1CCN(CCCCCCCCC(=O)n2cc(-c3cnc4[nH]cc(-c5ccn(Cc6cccc(F)c6)c5)c4c3)cn2)CC1. The van der Waals surface area contributed by atoms with E-state index in [0.717, 1.165) is 128 Å². The van der Waals surface area contributed by atoms with Gasteiger partial charge in [0.25, 0.3) is 0 Å². The largest absolute Gasteiger partial charge is 0.349 e. The standard InChI is InChI=1S/C55H64F2N10O4S/c1-36(58-2)53(70)63-50(55(71)66-23-10-13-48(66)54-62-47(35-72-54)51(69)39-15-17-43(56)18-16-39)38-19-24-64(25-20-38)22-8-6-4-3-5-7-14-49(68)67-34-42(30-61-67)41-28-45-46(31-60-52(45)59-29-41)40-21-26-65(33-40)32-37-11-9-12-44(57)27-37/h9,11-12,15-18,21,26-31,33-34,36,38,47-48,50,58H,3-8,10,13-14,19-20,22-25,32,35H2,1-2H3,(H,59,60)(H,63,70)/t36-,47?,48-,50-/m0/s1. The van der Waals surface area contributed by atoms with Crippen molar-refractivity contribution in [3.63, 3.8) is 0 Å². The minimum absolute atomic E-state index is 0.00393. The average molecular weight is 999 g/mol. The number of ketones is 1. The van der Waals surface area contributed by atoms with Gasteiger partial charge in [-0.05, 0) is 132 Å². The van der Waals surface area contributed by atoms with Gasteiger partial charge in [0.05, 0.1) is 23.3 Å². The van der Waals surface area contributed by atoms with Gasteiger partial charge in [-0.15, -0.1) is 11.8 Å². The molecule has 3 aliphatic heterocycles. The van der Waals surface area contributed by atoms with Crippen LogP contribution < -0.4 is 10.6 Å². The fraction of sp³-hybridized carbons (Fsp3) is 0.436. The van der Waals surface area contributed by atoms with Gasteiger partial charge in [0.2, 0.25) is 17.7 Å². The number of hydrogen-bond donors (Lipinski definition) is 3. The number of aliphatic imine (C=N–C) groups is 1. The van der Waals surface area contributed by atoms with E-state index in [9.17, 15) is 28.0 Å². The Morgan fingerprint density at radius 1 is 0.861 bits per heavy atom. The molecule has 72 heavy (non-hydrogen) atoms. The van der Waals surface area contributed by atoms with Gasteiger partial charge in [-0.3, -0.25) is 24.2 Å². The monoisotopic (exact) mass is 998 g/mol. The molecule has 0 aliphatic carbocycles. The second kappa shape index (κ2) is 23.5. The fourth-order valence-corrected chi connectivity index (χ4v) is 11.5. The minimum atomic E-state index is -0.652. The molecular formula is C55H64F2N10O4S. The maximum Gasteiger partial charge on any atom is 0.246 e. The smallest absolute Gasteiger partial charge is 0.246 e. The number of likely N-dealkylation sites (N-methyl/N-ethyl adjacent to an activating group) is 1. The molecule has 2 fully saturated rings. The number of H-pyrrole nitrogens is 1. The number of carbonyl (C=O) groups is 4. The van der Waals surface area contributed by atoms with Gasteiger partial charge in [0, 0.05) is 89.5 Å². The van der Waals surface area contributed by atoms with E-state index in [-0.39, 0.29) is 41.3 Å². The van der Waals surface area contributed by atoms with Crippen LogP contribution in [0, 0.1) is 17.6 Å². The molecule has 0 bridgehead atoms. The van der Waals surface area contributed by atoms with Gasteiger partial charge in [-0.2, -0.15) is 5.10 Å². The van der Waals surface area contributed by atoms with Gasteiger partial charge in [0.1, 0.15) is 29.4 Å². The quantitative estimate of drug-likeness (QED) is 0.0473. The van der Waals surface area contributed by atoms with Crippen molar-refractivity contribution in [2.75, 3.05) is 39.0 Å². The van der Waals surface area contributed by atoms with Crippen molar-refractivity contribution in [3.05, 3.63) is 121 Å². The van der Waals surface area contributed by atoms with Crippen LogP contribution in [0.4, 0.5) is 8.78 Å². The number of aromatic nitrogens is 5. The third kappa shape index (κ3) is 12.1. The lowest BCUT2D eigenvalue weighted by atomic mass is 9.88. The molecule has 4 aromatic heterocycles. The molecule has 6 aromatic rings. The van der Waals surface area contributed by atoms with Crippen molar-refractivity contribution in [3.8, 4) is 22.3 Å². The predicted octanol–water partition coefficient (Wildman–Crippen LogP) is 8.78. The number of benzene rings is 2. The van der Waals surface area contributed by atoms with Crippen LogP contribution in [0.25, 0.3) is 33.3 Å². The van der Waals surface area contributed by atoms with E-state index in [1.807, 2.05) is 40.2 Å². The van der Waals surface area contributed by atoms with Crippen molar-refractivity contribution < 1.29 is 28.0 Å². The van der Waals surface area contributed by atoms with Crippen LogP contribution in [0.1, 0.15) is 98.3 Å². The third-order valence-electron chi connectivity index (χ3n) is 14.6. The Morgan fingerprint density at radius 3 is 2.44 bits per heavy atom. The molecule has 0 radical (unpaired) electrons. The van der Waals surface area contributed by atoms with Gasteiger partial charge >= 0.3 is 0 Å². The number of unbranched alkanes of at least 4 members (excludes halogenated alkanes) is 5. The zero-order valence-corrected chi connectivity index (χ0v) is 41.9. The maximum atomic E-state index is 14.5. The number of Topliss-reactive ketones (excluding diaryl/α,β-unsaturated/α-hetero) is 1. The lowest BCUT2D eigenvalue weighted by molar-refractivity contribution is -0.138. The molecule has 3 aliphatic rings. The number of hydrogen-bond acceptors (Lipinski definition) is 10. The Balaban J connectivity index is 0.696. The van der Waals surface area contributed by atoms with E-state index >= 15 is 0 Å². The van der Waals surface area contributed by atoms with Crippen molar-refractivity contribution in [1.29, 1.82) is 0 Å². The summed E-state index contributed by atoms with van der Waals surface area (Å²) in [5.74, 6) is -0.642. The highest BCUT2D eigenvalue weighted by Gasteiger charge is 2.42. The highest BCUT2D eigenvalue weighted by atomic mass is 32.2. The summed E-state index contributed by atoms with van der Waals surface area (Å²) in [4.78, 5) is 71.2. The number of fused-ring (bicyclic) bond motifs is 1. The van der Waals surface area contributed by atoms with E-state index in [0.29, 0.717) is 30.8 Å². The lowest BCUT2D eigenvalue weighted by Gasteiger charge is -2.38. The number of thioether (sulfide) groups is 1. The van der Waals surface area contributed by atoms with E-state index in [1.54, 1.807) is 44.7 Å². The Bertz CT molecular complexity index is 2890. The molecule has 14 nitrogen and oxygen atoms in total. The Hall–Kier alpha value is -6.30.